The Bertz CT molecular complexity index is 1180. The Labute approximate surface area is 172 Å². The standard InChI is InChI=1S/C23H17ClFN3O/c1-28(14-18-19(24)8-4-9-20(18)25)23(29)17-12-22(15-6-5-11-26-13-15)27-21-10-3-2-7-16(17)21/h2-13H,14H2,1H3. The summed E-state index contributed by atoms with van der Waals surface area (Å²) in [5, 5.41) is 1.02. The lowest BCUT2D eigenvalue weighted by Crippen LogP contribution is -2.27. The first-order chi connectivity index (χ1) is 14.0. The highest BCUT2D eigenvalue weighted by Gasteiger charge is 2.19. The number of hydrogen-bond acceptors (Lipinski definition) is 3. The molecule has 144 valence electrons. The Morgan fingerprint density at radius 2 is 1.93 bits per heavy atom. The third kappa shape index (κ3) is 3.82. The van der Waals surface area contributed by atoms with Crippen LogP contribution in [0.3, 0.4) is 0 Å². The molecule has 2 heterocycles. The van der Waals surface area contributed by atoms with Gasteiger partial charge in [0.15, 0.2) is 0 Å². The number of aromatic nitrogens is 2. The van der Waals surface area contributed by atoms with E-state index in [0.717, 1.165) is 10.9 Å². The number of fused-ring (bicyclic) bond motifs is 1. The number of carbonyl (C=O) groups excluding carboxylic acids is 1. The van der Waals surface area contributed by atoms with Crippen LogP contribution in [0.1, 0.15) is 15.9 Å². The zero-order valence-electron chi connectivity index (χ0n) is 15.6. The second-order valence-corrected chi connectivity index (χ2v) is 7.08. The van der Waals surface area contributed by atoms with Crippen LogP contribution < -0.4 is 0 Å². The molecule has 6 heteroatoms. The molecule has 0 saturated heterocycles. The van der Waals surface area contributed by atoms with Crippen molar-refractivity contribution in [2.45, 2.75) is 6.54 Å². The highest BCUT2D eigenvalue weighted by molar-refractivity contribution is 6.31. The smallest absolute Gasteiger partial charge is 0.254 e. The molecule has 0 N–H and O–H groups in total. The van der Waals surface area contributed by atoms with E-state index in [1.54, 1.807) is 37.6 Å². The molecule has 2 aromatic heterocycles. The first-order valence-electron chi connectivity index (χ1n) is 9.03. The zero-order valence-corrected chi connectivity index (χ0v) is 16.4. The predicted molar refractivity (Wildman–Crippen MR) is 112 cm³/mol. The van der Waals surface area contributed by atoms with Crippen LogP contribution in [-0.2, 0) is 6.54 Å². The van der Waals surface area contributed by atoms with Crippen molar-refractivity contribution in [1.29, 1.82) is 0 Å². The van der Waals surface area contributed by atoms with Crippen molar-refractivity contribution < 1.29 is 9.18 Å². The molecule has 4 rings (SSSR count). The van der Waals surface area contributed by atoms with E-state index < -0.39 is 5.82 Å². The fourth-order valence-corrected chi connectivity index (χ4v) is 3.44. The van der Waals surface area contributed by atoms with E-state index in [-0.39, 0.29) is 18.0 Å². The molecule has 4 aromatic rings. The second-order valence-electron chi connectivity index (χ2n) is 6.68. The van der Waals surface area contributed by atoms with E-state index in [1.807, 2.05) is 36.4 Å². The van der Waals surface area contributed by atoms with Crippen molar-refractivity contribution >= 4 is 28.4 Å². The predicted octanol–water partition coefficient (Wildman–Crippen LogP) is 5.36. The molecule has 0 aliphatic carbocycles. The third-order valence-electron chi connectivity index (χ3n) is 4.71. The maximum Gasteiger partial charge on any atom is 0.254 e. The van der Waals surface area contributed by atoms with Gasteiger partial charge in [-0.05, 0) is 36.4 Å². The third-order valence-corrected chi connectivity index (χ3v) is 5.06. The van der Waals surface area contributed by atoms with Crippen LogP contribution in [0.5, 0.6) is 0 Å². The van der Waals surface area contributed by atoms with Crippen LogP contribution in [0.4, 0.5) is 4.39 Å². The topological polar surface area (TPSA) is 46.1 Å². The number of nitrogens with zero attached hydrogens (tertiary/aromatic N) is 3. The monoisotopic (exact) mass is 405 g/mol. The summed E-state index contributed by atoms with van der Waals surface area (Å²) in [6, 6.07) is 17.4. The van der Waals surface area contributed by atoms with Crippen molar-refractivity contribution in [1.82, 2.24) is 14.9 Å². The summed E-state index contributed by atoms with van der Waals surface area (Å²) in [6.07, 6.45) is 3.39. The summed E-state index contributed by atoms with van der Waals surface area (Å²) in [4.78, 5) is 23.5. The fraction of sp³-hybridized carbons (Fsp3) is 0.0870. The molecule has 1 amide bonds. The molecule has 0 fully saturated rings. The lowest BCUT2D eigenvalue weighted by atomic mass is 10.0. The molecule has 0 spiro atoms. The van der Waals surface area contributed by atoms with E-state index in [0.29, 0.717) is 21.8 Å². The minimum atomic E-state index is -0.437. The zero-order chi connectivity index (χ0) is 20.4. The highest BCUT2D eigenvalue weighted by Crippen LogP contribution is 2.26. The Balaban J connectivity index is 1.77. The van der Waals surface area contributed by atoms with Crippen molar-refractivity contribution in [3.8, 4) is 11.3 Å². The molecule has 4 nitrogen and oxygen atoms in total. The van der Waals surface area contributed by atoms with Crippen molar-refractivity contribution in [3.05, 3.63) is 95.0 Å². The van der Waals surface area contributed by atoms with Gasteiger partial charge in [-0.15, -0.1) is 0 Å². The average Bonchev–Trinajstić information content (AvgIpc) is 2.75. The SMILES string of the molecule is CN(Cc1c(F)cccc1Cl)C(=O)c1cc(-c2cccnc2)nc2ccccc12. The fourth-order valence-electron chi connectivity index (χ4n) is 3.21. The van der Waals surface area contributed by atoms with E-state index in [9.17, 15) is 9.18 Å². The van der Waals surface area contributed by atoms with Crippen molar-refractivity contribution in [3.63, 3.8) is 0 Å². The van der Waals surface area contributed by atoms with Gasteiger partial charge < -0.3 is 4.90 Å². The Morgan fingerprint density at radius 3 is 2.69 bits per heavy atom. The number of pyridine rings is 2. The summed E-state index contributed by atoms with van der Waals surface area (Å²) >= 11 is 6.13. The van der Waals surface area contributed by atoms with Gasteiger partial charge in [-0.25, -0.2) is 9.37 Å². The highest BCUT2D eigenvalue weighted by atomic mass is 35.5. The molecule has 0 aliphatic rings. The number of carbonyl (C=O) groups is 1. The van der Waals surface area contributed by atoms with E-state index >= 15 is 0 Å². The number of para-hydroxylation sites is 1. The molecular formula is C23H17ClFN3O. The number of amides is 1. The number of rotatable bonds is 4. The van der Waals surface area contributed by atoms with Gasteiger partial charge in [0, 0.05) is 47.5 Å². The van der Waals surface area contributed by atoms with Crippen molar-refractivity contribution in [2.24, 2.45) is 0 Å². The molecule has 2 aromatic carbocycles. The second kappa shape index (κ2) is 7.97. The molecule has 0 atom stereocenters. The summed E-state index contributed by atoms with van der Waals surface area (Å²) in [5.41, 5.74) is 2.94. The van der Waals surface area contributed by atoms with Crippen LogP contribution in [0.2, 0.25) is 5.02 Å². The molecular weight excluding hydrogens is 389 g/mol. The molecule has 29 heavy (non-hydrogen) atoms. The maximum atomic E-state index is 14.2. The number of halogens is 2. The van der Waals surface area contributed by atoms with Gasteiger partial charge >= 0.3 is 0 Å². The van der Waals surface area contributed by atoms with E-state index in [2.05, 4.69) is 9.97 Å². The van der Waals surface area contributed by atoms with Gasteiger partial charge in [0.25, 0.3) is 5.91 Å². The molecule has 0 saturated carbocycles. The quantitative estimate of drug-likeness (QED) is 0.459. The number of hydrogen-bond donors (Lipinski definition) is 0. The van der Waals surface area contributed by atoms with E-state index in [1.165, 1.54) is 11.0 Å². The minimum absolute atomic E-state index is 0.0587. The summed E-state index contributed by atoms with van der Waals surface area (Å²) < 4.78 is 14.2. The Kier molecular flexibility index (Phi) is 5.23. The van der Waals surface area contributed by atoms with Gasteiger partial charge in [-0.1, -0.05) is 35.9 Å². The van der Waals surface area contributed by atoms with Crippen LogP contribution in [0.15, 0.2) is 73.1 Å². The first-order valence-corrected chi connectivity index (χ1v) is 9.41. The first kappa shape index (κ1) is 19.0. The lowest BCUT2D eigenvalue weighted by Gasteiger charge is -2.20. The molecule has 0 unspecified atom stereocenters. The largest absolute Gasteiger partial charge is 0.337 e. The molecule has 0 aliphatic heterocycles. The van der Waals surface area contributed by atoms with Crippen LogP contribution in [-0.4, -0.2) is 27.8 Å². The van der Waals surface area contributed by atoms with Gasteiger partial charge in [0.05, 0.1) is 16.8 Å². The van der Waals surface area contributed by atoms with E-state index in [4.69, 9.17) is 11.6 Å². The van der Waals surface area contributed by atoms with Gasteiger partial charge in [-0.2, -0.15) is 0 Å². The van der Waals surface area contributed by atoms with Gasteiger partial charge in [0.2, 0.25) is 0 Å². The Morgan fingerprint density at radius 1 is 1.10 bits per heavy atom. The van der Waals surface area contributed by atoms with Crippen LogP contribution >= 0.6 is 11.6 Å². The molecule has 0 bridgehead atoms. The molecule has 0 radical (unpaired) electrons. The van der Waals surface area contributed by atoms with Gasteiger partial charge in [-0.3, -0.25) is 9.78 Å². The van der Waals surface area contributed by atoms with Crippen LogP contribution in [0.25, 0.3) is 22.2 Å². The normalized spacial score (nSPS) is 10.9. The maximum absolute atomic E-state index is 14.2. The lowest BCUT2D eigenvalue weighted by molar-refractivity contribution is 0.0786. The van der Waals surface area contributed by atoms with Gasteiger partial charge in [0.1, 0.15) is 5.82 Å². The summed E-state index contributed by atoms with van der Waals surface area (Å²) in [5.74, 6) is -0.680. The summed E-state index contributed by atoms with van der Waals surface area (Å²) in [7, 11) is 1.63. The summed E-state index contributed by atoms with van der Waals surface area (Å²) in [6.45, 7) is 0.0587. The minimum Gasteiger partial charge on any atom is -0.337 e. The average molecular weight is 406 g/mol. The Hall–Kier alpha value is -3.31. The van der Waals surface area contributed by atoms with Crippen LogP contribution in [0, 0.1) is 5.82 Å². The van der Waals surface area contributed by atoms with Crippen molar-refractivity contribution in [2.75, 3.05) is 7.05 Å². The number of benzene rings is 2.